The van der Waals surface area contributed by atoms with Gasteiger partial charge in [-0.05, 0) is 43.1 Å². The lowest BCUT2D eigenvalue weighted by molar-refractivity contribution is -0.137. The van der Waals surface area contributed by atoms with Crippen molar-refractivity contribution in [2.45, 2.75) is 44.4 Å². The highest BCUT2D eigenvalue weighted by atomic mass is 31.2. The van der Waals surface area contributed by atoms with Crippen molar-refractivity contribution >= 4 is 48.4 Å². The molecule has 2 aliphatic heterocycles. The van der Waals surface area contributed by atoms with Gasteiger partial charge in [-0.1, -0.05) is 60.7 Å². The van der Waals surface area contributed by atoms with Crippen LogP contribution < -0.4 is 15.5 Å². The van der Waals surface area contributed by atoms with Gasteiger partial charge in [0.1, 0.15) is 11.8 Å². The van der Waals surface area contributed by atoms with E-state index in [0.29, 0.717) is 29.7 Å². The van der Waals surface area contributed by atoms with Crippen LogP contribution in [0, 0.1) is 0 Å². The van der Waals surface area contributed by atoms with Gasteiger partial charge < -0.3 is 30.4 Å². The highest BCUT2D eigenvalue weighted by molar-refractivity contribution is 7.50. The van der Waals surface area contributed by atoms with Gasteiger partial charge in [0.05, 0.1) is 24.0 Å². The molecule has 0 aromatic heterocycles. The second-order valence-corrected chi connectivity index (χ2v) is 12.9. The van der Waals surface area contributed by atoms with Crippen molar-refractivity contribution in [3.05, 3.63) is 95.6 Å². The average Bonchev–Trinajstić information content (AvgIpc) is 3.57. The minimum atomic E-state index is -5.37. The molecule has 0 radical (unpaired) electrons. The van der Waals surface area contributed by atoms with Crippen LogP contribution in [0.2, 0.25) is 0 Å². The normalized spacial score (nSPS) is 18.3. The fraction of sp³-hybridized carbons (Fsp3) is 0.273. The summed E-state index contributed by atoms with van der Waals surface area (Å²) in [6.07, 6.45) is -0.961. The number of fused-ring (bicyclic) bond motifs is 1. The summed E-state index contributed by atoms with van der Waals surface area (Å²) >= 11 is 0. The average molecular weight is 676 g/mol. The molecule has 15 heteroatoms. The third-order valence-corrected chi connectivity index (χ3v) is 9.18. The Kier molecular flexibility index (Phi) is 10.3. The largest absolute Gasteiger partial charge is 0.508 e. The van der Waals surface area contributed by atoms with Crippen molar-refractivity contribution in [2.24, 2.45) is 4.99 Å². The number of carbonyl (C=O) groups is 5. The number of aliphatic imine (C=N–C) groups is 1. The van der Waals surface area contributed by atoms with E-state index in [-0.39, 0.29) is 21.8 Å². The monoisotopic (exact) mass is 675 g/mol. The molecule has 48 heavy (non-hydrogen) atoms. The maximum absolute atomic E-state index is 14.3. The van der Waals surface area contributed by atoms with Crippen LogP contribution in [0.15, 0.2) is 83.9 Å². The minimum absolute atomic E-state index is 0.0959. The van der Waals surface area contributed by atoms with E-state index in [1.54, 1.807) is 54.6 Å². The minimum Gasteiger partial charge on any atom is -0.508 e. The molecule has 5 rings (SSSR count). The Labute approximate surface area is 275 Å². The van der Waals surface area contributed by atoms with E-state index in [4.69, 9.17) is 0 Å². The number of hydrogen-bond acceptors (Lipinski definition) is 9. The SMILES string of the molecule is CC(=O)N([C@@H](Cc1ccc(O)cc1)C(=O)N[C@@H]1N=C(c2ccccc2)c2ccccc2N(CC(=O)C(=O)[C@@H]2CCCN2)C1=O)P(=O)(O)O. The summed E-state index contributed by atoms with van der Waals surface area (Å²) in [6, 6.07) is 18.3. The number of rotatable bonds is 11. The van der Waals surface area contributed by atoms with Gasteiger partial charge in [-0.15, -0.1) is 0 Å². The lowest BCUT2D eigenvalue weighted by Gasteiger charge is -2.31. The number of benzodiazepines with no additional fused rings is 1. The first-order chi connectivity index (χ1) is 22.8. The fourth-order valence-electron chi connectivity index (χ4n) is 5.80. The Morgan fingerprint density at radius 1 is 1.02 bits per heavy atom. The quantitative estimate of drug-likeness (QED) is 0.146. The fourth-order valence-corrected chi connectivity index (χ4v) is 6.71. The first kappa shape index (κ1) is 34.3. The molecule has 0 unspecified atom stereocenters. The van der Waals surface area contributed by atoms with E-state index in [1.165, 1.54) is 24.3 Å². The summed E-state index contributed by atoms with van der Waals surface area (Å²) in [5.74, 6) is -4.74. The molecule has 3 atom stereocenters. The summed E-state index contributed by atoms with van der Waals surface area (Å²) in [4.78, 5) is 93.0. The number of carbonyl (C=O) groups excluding carboxylic acids is 5. The lowest BCUT2D eigenvalue weighted by atomic mass is 10.00. The number of anilines is 1. The van der Waals surface area contributed by atoms with Crippen molar-refractivity contribution < 1.29 is 43.4 Å². The van der Waals surface area contributed by atoms with E-state index < -0.39 is 68.2 Å². The van der Waals surface area contributed by atoms with Crippen molar-refractivity contribution in [3.8, 4) is 5.75 Å². The van der Waals surface area contributed by atoms with Crippen LogP contribution in [0.25, 0.3) is 0 Å². The topological polar surface area (TPSA) is 206 Å². The molecule has 3 amide bonds. The van der Waals surface area contributed by atoms with Crippen LogP contribution in [0.3, 0.4) is 0 Å². The second kappa shape index (κ2) is 14.4. The predicted octanol–water partition coefficient (Wildman–Crippen LogP) is 1.46. The van der Waals surface area contributed by atoms with Gasteiger partial charge in [0.15, 0.2) is 0 Å². The van der Waals surface area contributed by atoms with Crippen LogP contribution in [0.1, 0.15) is 36.5 Å². The van der Waals surface area contributed by atoms with E-state index in [0.717, 1.165) is 18.2 Å². The number of nitrogens with zero attached hydrogens (tertiary/aromatic N) is 3. The van der Waals surface area contributed by atoms with E-state index >= 15 is 0 Å². The zero-order valence-electron chi connectivity index (χ0n) is 25.9. The van der Waals surface area contributed by atoms with Crippen molar-refractivity contribution in [1.29, 1.82) is 0 Å². The number of phenols is 1. The van der Waals surface area contributed by atoms with Gasteiger partial charge >= 0.3 is 7.75 Å². The number of benzene rings is 3. The molecular formula is C33H34N5O9P. The first-order valence-electron chi connectivity index (χ1n) is 15.1. The number of ketones is 2. The number of nitrogens with one attached hydrogen (secondary N) is 2. The predicted molar refractivity (Wildman–Crippen MR) is 174 cm³/mol. The molecule has 3 aromatic rings. The van der Waals surface area contributed by atoms with Crippen LogP contribution in [-0.2, 0) is 35.0 Å². The Morgan fingerprint density at radius 3 is 2.31 bits per heavy atom. The highest BCUT2D eigenvalue weighted by Crippen LogP contribution is 2.42. The van der Waals surface area contributed by atoms with Gasteiger partial charge in [-0.2, -0.15) is 0 Å². The van der Waals surface area contributed by atoms with Crippen LogP contribution in [0.5, 0.6) is 5.75 Å². The molecular weight excluding hydrogens is 641 g/mol. The molecule has 0 saturated carbocycles. The number of aromatic hydroxyl groups is 1. The molecule has 250 valence electrons. The Balaban J connectivity index is 1.57. The van der Waals surface area contributed by atoms with Crippen LogP contribution >= 0.6 is 7.75 Å². The number of hydrogen-bond donors (Lipinski definition) is 5. The summed E-state index contributed by atoms with van der Waals surface area (Å²) < 4.78 is 12.6. The molecule has 1 saturated heterocycles. The number of phenolic OH excluding ortho intramolecular Hbond substituents is 1. The van der Waals surface area contributed by atoms with Gasteiger partial charge in [0.2, 0.25) is 29.5 Å². The number of Topliss-reactive ketones (excluding diaryl/α,β-unsaturated/α-hetero) is 2. The molecule has 0 bridgehead atoms. The zero-order chi connectivity index (χ0) is 34.6. The maximum atomic E-state index is 14.3. The Bertz CT molecular complexity index is 1800. The summed E-state index contributed by atoms with van der Waals surface area (Å²) in [7, 11) is -5.37. The molecule has 2 heterocycles. The van der Waals surface area contributed by atoms with E-state index in [9.17, 15) is 43.4 Å². The third kappa shape index (κ3) is 7.58. The number of para-hydroxylation sites is 1. The number of amides is 3. The van der Waals surface area contributed by atoms with Crippen molar-refractivity contribution in [2.75, 3.05) is 18.0 Å². The first-order valence-corrected chi connectivity index (χ1v) is 16.7. The van der Waals surface area contributed by atoms with E-state index in [1.807, 2.05) is 0 Å². The Morgan fingerprint density at radius 2 is 1.69 bits per heavy atom. The lowest BCUT2D eigenvalue weighted by Crippen LogP contribution is -2.55. The molecule has 1 fully saturated rings. The van der Waals surface area contributed by atoms with Gasteiger partial charge in [-0.25, -0.2) is 14.2 Å². The second-order valence-electron chi connectivity index (χ2n) is 11.4. The van der Waals surface area contributed by atoms with Gasteiger partial charge in [-0.3, -0.25) is 24.0 Å². The van der Waals surface area contributed by atoms with Crippen LogP contribution in [-0.4, -0.2) is 85.9 Å². The summed E-state index contributed by atoms with van der Waals surface area (Å²) in [5, 5.41) is 15.1. The molecule has 0 aliphatic carbocycles. The van der Waals surface area contributed by atoms with Gasteiger partial charge in [0.25, 0.3) is 5.91 Å². The Hall–Kier alpha value is -5.01. The smallest absolute Gasteiger partial charge is 0.433 e. The molecule has 3 aromatic carbocycles. The molecule has 2 aliphatic rings. The zero-order valence-corrected chi connectivity index (χ0v) is 26.7. The molecule has 5 N–H and O–H groups in total. The third-order valence-electron chi connectivity index (χ3n) is 8.05. The summed E-state index contributed by atoms with van der Waals surface area (Å²) in [5.41, 5.74) is 1.83. The standard InChI is InChI=1S/C33H34N5O9P/c1-20(39)38(48(45,46)47)27(18-21-13-15-23(40)16-14-21)32(43)36-31-33(44)37(19-28(41)30(42)25-11-7-17-34-25)26-12-6-5-10-24(26)29(35-31)22-8-3-2-4-9-22/h2-6,8-10,12-16,25,27,31,34,40H,7,11,17-19H2,1H3,(H,36,43)(H2,45,46,47)/t25-,27-,31-/m0/s1. The summed E-state index contributed by atoms with van der Waals surface area (Å²) in [6.45, 7) is 0.809. The molecule has 14 nitrogen and oxygen atoms in total. The van der Waals surface area contributed by atoms with Crippen LogP contribution in [0.4, 0.5) is 5.69 Å². The van der Waals surface area contributed by atoms with Gasteiger partial charge in [0, 0.05) is 24.5 Å². The van der Waals surface area contributed by atoms with E-state index in [2.05, 4.69) is 15.6 Å². The van der Waals surface area contributed by atoms with Crippen molar-refractivity contribution in [1.82, 2.24) is 15.3 Å². The highest BCUT2D eigenvalue weighted by Gasteiger charge is 2.42. The molecule has 0 spiro atoms. The van der Waals surface area contributed by atoms with Crippen molar-refractivity contribution in [3.63, 3.8) is 0 Å². The maximum Gasteiger partial charge on any atom is 0.433 e.